The van der Waals surface area contributed by atoms with E-state index in [1.807, 2.05) is 0 Å². The SMILES string of the molecule is O=c1c2ccc3cccc(F)c3[n+]2[nH]n1-c1ccc(Cl)nc1. The highest BCUT2D eigenvalue weighted by molar-refractivity contribution is 6.29. The van der Waals surface area contributed by atoms with Gasteiger partial charge in [-0.1, -0.05) is 33.6 Å². The predicted octanol–water partition coefficient (Wildman–Crippen LogP) is 2.24. The second-order valence-electron chi connectivity index (χ2n) is 4.81. The highest BCUT2D eigenvalue weighted by atomic mass is 35.5. The van der Waals surface area contributed by atoms with Crippen LogP contribution in [0.5, 0.6) is 0 Å². The van der Waals surface area contributed by atoms with E-state index in [-0.39, 0.29) is 5.56 Å². The normalized spacial score (nSPS) is 11.4. The lowest BCUT2D eigenvalue weighted by atomic mass is 10.2. The Hall–Kier alpha value is -2.73. The lowest BCUT2D eigenvalue weighted by Gasteiger charge is -1.96. The minimum atomic E-state index is -0.407. The number of H-pyrrole nitrogens is 1. The van der Waals surface area contributed by atoms with Gasteiger partial charge >= 0.3 is 5.56 Å². The Morgan fingerprint density at radius 3 is 2.82 bits per heavy atom. The zero-order chi connectivity index (χ0) is 15.3. The number of pyridine rings is 2. The number of rotatable bonds is 1. The zero-order valence-electron chi connectivity index (χ0n) is 11.1. The van der Waals surface area contributed by atoms with Gasteiger partial charge in [-0.2, -0.15) is 0 Å². The summed E-state index contributed by atoms with van der Waals surface area (Å²) in [6.07, 6.45) is 1.47. The van der Waals surface area contributed by atoms with Gasteiger partial charge in [0.1, 0.15) is 5.15 Å². The van der Waals surface area contributed by atoms with Gasteiger partial charge < -0.3 is 0 Å². The molecule has 3 heterocycles. The molecule has 1 N–H and O–H groups in total. The van der Waals surface area contributed by atoms with Gasteiger partial charge in [0.2, 0.25) is 5.52 Å². The van der Waals surface area contributed by atoms with Crippen LogP contribution in [0.3, 0.4) is 0 Å². The molecule has 0 bridgehead atoms. The summed E-state index contributed by atoms with van der Waals surface area (Å²) in [5, 5.41) is 3.91. The number of halogens is 2. The van der Waals surface area contributed by atoms with Crippen LogP contribution in [-0.4, -0.2) is 14.9 Å². The largest absolute Gasteiger partial charge is 0.406 e. The first-order chi connectivity index (χ1) is 10.6. The average Bonchev–Trinajstić information content (AvgIpc) is 2.85. The van der Waals surface area contributed by atoms with Crippen LogP contribution < -0.4 is 10.1 Å². The van der Waals surface area contributed by atoms with Crippen LogP contribution in [0.15, 0.2) is 53.5 Å². The van der Waals surface area contributed by atoms with Gasteiger partial charge in [0, 0.05) is 5.39 Å². The molecule has 5 nitrogen and oxygen atoms in total. The van der Waals surface area contributed by atoms with Gasteiger partial charge in [0.25, 0.3) is 0 Å². The molecule has 0 saturated heterocycles. The highest BCUT2D eigenvalue weighted by Gasteiger charge is 2.20. The summed E-state index contributed by atoms with van der Waals surface area (Å²) >= 11 is 5.75. The monoisotopic (exact) mass is 315 g/mol. The van der Waals surface area contributed by atoms with Crippen molar-refractivity contribution in [3.05, 3.63) is 70.0 Å². The van der Waals surface area contributed by atoms with Crippen molar-refractivity contribution in [1.29, 1.82) is 0 Å². The number of nitrogens with zero attached hydrogens (tertiary/aromatic N) is 3. The minimum absolute atomic E-state index is 0.297. The molecule has 4 rings (SSSR count). The molecule has 0 atom stereocenters. The molecule has 0 aliphatic rings. The van der Waals surface area contributed by atoms with Gasteiger partial charge in [-0.3, -0.25) is 0 Å². The number of fused-ring (bicyclic) bond motifs is 3. The van der Waals surface area contributed by atoms with E-state index in [9.17, 15) is 9.18 Å². The van der Waals surface area contributed by atoms with Crippen molar-refractivity contribution >= 4 is 28.0 Å². The summed E-state index contributed by atoms with van der Waals surface area (Å²) < 4.78 is 16.9. The molecule has 0 aliphatic heterocycles. The van der Waals surface area contributed by atoms with Gasteiger partial charge in [-0.25, -0.2) is 14.2 Å². The maximum absolute atomic E-state index is 14.1. The fourth-order valence-corrected chi connectivity index (χ4v) is 2.58. The first-order valence-corrected chi connectivity index (χ1v) is 6.89. The standard InChI is InChI=1S/C15H8ClFN4O/c16-13-7-5-10(8-18-13)20-15(22)12-6-4-9-2-1-3-11(17)14(9)21(12)19-20/h1-8H/p+1. The molecule has 0 spiro atoms. The topological polar surface area (TPSA) is 54.8 Å². The van der Waals surface area contributed by atoms with Crippen LogP contribution in [-0.2, 0) is 0 Å². The van der Waals surface area contributed by atoms with Crippen molar-refractivity contribution in [2.24, 2.45) is 0 Å². The number of hydrogen-bond donors (Lipinski definition) is 1. The Morgan fingerprint density at radius 1 is 1.18 bits per heavy atom. The zero-order valence-corrected chi connectivity index (χ0v) is 11.9. The van der Waals surface area contributed by atoms with Crippen LogP contribution in [0, 0.1) is 5.82 Å². The van der Waals surface area contributed by atoms with Crippen molar-refractivity contribution in [2.45, 2.75) is 0 Å². The number of benzene rings is 1. The Balaban J connectivity index is 2.10. The lowest BCUT2D eigenvalue weighted by molar-refractivity contribution is -0.556. The summed E-state index contributed by atoms with van der Waals surface area (Å²) in [5.41, 5.74) is 0.877. The molecule has 0 amide bonds. The van der Waals surface area contributed by atoms with E-state index < -0.39 is 5.82 Å². The van der Waals surface area contributed by atoms with E-state index in [2.05, 4.69) is 10.2 Å². The molecule has 0 unspecified atom stereocenters. The molecular formula is C15H9ClFN4O+. The fraction of sp³-hybridized carbons (Fsp3) is 0. The molecule has 7 heteroatoms. The molecular weight excluding hydrogens is 307 g/mol. The molecule has 3 aromatic heterocycles. The maximum Gasteiger partial charge on any atom is 0.406 e. The smallest absolute Gasteiger partial charge is 0.240 e. The Morgan fingerprint density at radius 2 is 2.05 bits per heavy atom. The van der Waals surface area contributed by atoms with Gasteiger partial charge in [0.05, 0.1) is 6.20 Å². The number of aromatic nitrogens is 4. The van der Waals surface area contributed by atoms with Crippen LogP contribution in [0.25, 0.3) is 22.1 Å². The van der Waals surface area contributed by atoms with Gasteiger partial charge in [-0.05, 0) is 30.3 Å². The van der Waals surface area contributed by atoms with Crippen LogP contribution in [0.2, 0.25) is 5.15 Å². The summed E-state index contributed by atoms with van der Waals surface area (Å²) in [4.78, 5) is 16.4. The van der Waals surface area contributed by atoms with Crippen LogP contribution in [0.1, 0.15) is 0 Å². The number of hydrogen-bond acceptors (Lipinski definition) is 2. The summed E-state index contributed by atoms with van der Waals surface area (Å²) in [6.45, 7) is 0. The lowest BCUT2D eigenvalue weighted by Crippen LogP contribution is -2.26. The second-order valence-corrected chi connectivity index (χ2v) is 5.20. The Labute approximate surface area is 128 Å². The third-order valence-corrected chi connectivity index (χ3v) is 3.72. The molecule has 4 aromatic rings. The molecule has 0 aliphatic carbocycles. The van der Waals surface area contributed by atoms with Crippen molar-refractivity contribution < 1.29 is 8.91 Å². The fourth-order valence-electron chi connectivity index (χ4n) is 2.47. The molecule has 0 saturated carbocycles. The Bertz CT molecular complexity index is 1070. The summed E-state index contributed by atoms with van der Waals surface area (Å²) in [5.74, 6) is -0.407. The van der Waals surface area contributed by atoms with Crippen molar-refractivity contribution in [1.82, 2.24) is 14.9 Å². The van der Waals surface area contributed by atoms with Crippen LogP contribution >= 0.6 is 11.6 Å². The van der Waals surface area contributed by atoms with Gasteiger partial charge in [0.15, 0.2) is 17.0 Å². The first-order valence-electron chi connectivity index (χ1n) is 6.51. The van der Waals surface area contributed by atoms with E-state index in [1.54, 1.807) is 36.4 Å². The van der Waals surface area contributed by atoms with E-state index in [0.29, 0.717) is 27.3 Å². The van der Waals surface area contributed by atoms with E-state index >= 15 is 0 Å². The van der Waals surface area contributed by atoms with Crippen molar-refractivity contribution in [2.75, 3.05) is 0 Å². The highest BCUT2D eigenvalue weighted by Crippen LogP contribution is 2.14. The predicted molar refractivity (Wildman–Crippen MR) is 79.8 cm³/mol. The maximum atomic E-state index is 14.1. The van der Waals surface area contributed by atoms with Crippen molar-refractivity contribution in [3.8, 4) is 5.69 Å². The third kappa shape index (κ3) is 1.81. The molecule has 0 radical (unpaired) electrons. The molecule has 22 heavy (non-hydrogen) atoms. The number of nitrogens with one attached hydrogen (secondary N) is 1. The quantitative estimate of drug-likeness (QED) is 0.433. The van der Waals surface area contributed by atoms with E-state index in [1.165, 1.54) is 21.5 Å². The summed E-state index contributed by atoms with van der Waals surface area (Å²) in [6, 6.07) is 11.4. The average molecular weight is 316 g/mol. The van der Waals surface area contributed by atoms with Crippen molar-refractivity contribution in [3.63, 3.8) is 0 Å². The Kier molecular flexibility index (Phi) is 2.74. The summed E-state index contributed by atoms with van der Waals surface area (Å²) in [7, 11) is 0. The van der Waals surface area contributed by atoms with E-state index in [0.717, 1.165) is 0 Å². The molecule has 0 fully saturated rings. The van der Waals surface area contributed by atoms with Gasteiger partial charge in [-0.15, -0.1) is 4.52 Å². The number of para-hydroxylation sites is 1. The third-order valence-electron chi connectivity index (χ3n) is 3.50. The first kappa shape index (κ1) is 13.0. The molecule has 1 aromatic carbocycles. The number of aromatic amines is 1. The van der Waals surface area contributed by atoms with E-state index in [4.69, 9.17) is 11.6 Å². The van der Waals surface area contributed by atoms with Crippen LogP contribution in [0.4, 0.5) is 4.39 Å². The minimum Gasteiger partial charge on any atom is -0.240 e. The second kappa shape index (κ2) is 4.64. The molecule has 108 valence electrons.